The number of piperidine rings is 1. The van der Waals surface area contributed by atoms with Crippen molar-refractivity contribution < 1.29 is 9.53 Å². The average molecular weight is 395 g/mol. The lowest BCUT2D eigenvalue weighted by atomic mass is 9.99. The third-order valence-electron chi connectivity index (χ3n) is 5.78. The fourth-order valence-corrected chi connectivity index (χ4v) is 3.99. The molecule has 1 amide bonds. The molecule has 2 aromatic carbocycles. The summed E-state index contributed by atoms with van der Waals surface area (Å²) >= 11 is 0. The highest BCUT2D eigenvalue weighted by Crippen LogP contribution is 2.25. The van der Waals surface area contributed by atoms with Crippen molar-refractivity contribution >= 4 is 11.6 Å². The zero-order valence-electron chi connectivity index (χ0n) is 18.4. The van der Waals surface area contributed by atoms with Gasteiger partial charge in [0, 0.05) is 18.8 Å². The Balaban J connectivity index is 1.57. The Hall–Kier alpha value is -2.49. The van der Waals surface area contributed by atoms with Gasteiger partial charge in [0.15, 0.2) is 6.10 Å². The van der Waals surface area contributed by atoms with Gasteiger partial charge in [-0.1, -0.05) is 36.8 Å². The Morgan fingerprint density at radius 3 is 2.52 bits per heavy atom. The predicted molar refractivity (Wildman–Crippen MR) is 120 cm³/mol. The zero-order chi connectivity index (χ0) is 21.0. The Kier molecular flexibility index (Phi) is 6.83. The number of aryl methyl sites for hydroxylation is 2. The van der Waals surface area contributed by atoms with Gasteiger partial charge in [-0.25, -0.2) is 0 Å². The number of nitrogens with one attached hydrogen (secondary N) is 1. The Bertz CT molecular complexity index is 831. The molecule has 1 aliphatic heterocycles. The molecule has 156 valence electrons. The van der Waals surface area contributed by atoms with E-state index >= 15 is 0 Å². The summed E-state index contributed by atoms with van der Waals surface area (Å²) in [5.41, 5.74) is 4.60. The molecule has 4 nitrogen and oxygen atoms in total. The molecule has 0 radical (unpaired) electrons. The van der Waals surface area contributed by atoms with E-state index in [9.17, 15) is 4.79 Å². The third kappa shape index (κ3) is 5.53. The van der Waals surface area contributed by atoms with E-state index in [1.165, 1.54) is 24.1 Å². The van der Waals surface area contributed by atoms with Crippen molar-refractivity contribution in [2.24, 2.45) is 5.92 Å². The number of hydrogen-bond donors (Lipinski definition) is 1. The lowest BCUT2D eigenvalue weighted by Gasteiger charge is -2.33. The summed E-state index contributed by atoms with van der Waals surface area (Å²) in [5, 5.41) is 3.08. The van der Waals surface area contributed by atoms with Crippen LogP contribution in [0.15, 0.2) is 42.5 Å². The molecular formula is C25H34N2O2. The van der Waals surface area contributed by atoms with E-state index in [0.29, 0.717) is 0 Å². The molecule has 1 saturated heterocycles. The van der Waals surface area contributed by atoms with Gasteiger partial charge >= 0.3 is 0 Å². The standard InChI is InChI=1S/C25H34N2O2/c1-17-8-13-24(19(3)15-17)29-21(5)25(28)26-20(4)22-9-11-23(12-10-22)27-14-6-7-18(2)16-27/h8-13,15,18,20-21H,6-7,14,16H2,1-5H3,(H,26,28)/t18-,20+,21+/m0/s1. The molecule has 29 heavy (non-hydrogen) atoms. The van der Waals surface area contributed by atoms with E-state index < -0.39 is 6.10 Å². The first-order valence-corrected chi connectivity index (χ1v) is 10.7. The molecule has 0 unspecified atom stereocenters. The number of benzene rings is 2. The average Bonchev–Trinajstić information content (AvgIpc) is 2.70. The monoisotopic (exact) mass is 394 g/mol. The van der Waals surface area contributed by atoms with Crippen molar-refractivity contribution in [1.82, 2.24) is 5.32 Å². The normalized spacial score (nSPS) is 18.8. The maximum atomic E-state index is 12.6. The molecule has 1 aliphatic rings. The van der Waals surface area contributed by atoms with Crippen LogP contribution < -0.4 is 15.0 Å². The lowest BCUT2D eigenvalue weighted by Crippen LogP contribution is -2.38. The Morgan fingerprint density at radius 2 is 1.86 bits per heavy atom. The van der Waals surface area contributed by atoms with Crippen LogP contribution in [0.1, 0.15) is 56.3 Å². The summed E-state index contributed by atoms with van der Waals surface area (Å²) in [4.78, 5) is 15.1. The fourth-order valence-electron chi connectivity index (χ4n) is 3.99. The smallest absolute Gasteiger partial charge is 0.261 e. The van der Waals surface area contributed by atoms with Gasteiger partial charge in [-0.2, -0.15) is 0 Å². The number of hydrogen-bond acceptors (Lipinski definition) is 3. The van der Waals surface area contributed by atoms with Crippen molar-refractivity contribution in [1.29, 1.82) is 0 Å². The number of carbonyl (C=O) groups is 1. The SMILES string of the molecule is Cc1ccc(O[C@H](C)C(=O)N[C@H](C)c2ccc(N3CCC[C@H](C)C3)cc2)c(C)c1. The lowest BCUT2D eigenvalue weighted by molar-refractivity contribution is -0.127. The second-order valence-electron chi connectivity index (χ2n) is 8.54. The molecule has 1 heterocycles. The summed E-state index contributed by atoms with van der Waals surface area (Å²) in [6.07, 6.45) is 2.03. The van der Waals surface area contributed by atoms with Gasteiger partial charge in [0.1, 0.15) is 5.75 Å². The van der Waals surface area contributed by atoms with Crippen LogP contribution in [0.3, 0.4) is 0 Å². The molecule has 2 aromatic rings. The summed E-state index contributed by atoms with van der Waals surface area (Å²) in [6.45, 7) is 12.4. The van der Waals surface area contributed by atoms with Crippen molar-refractivity contribution in [2.75, 3.05) is 18.0 Å². The van der Waals surface area contributed by atoms with Gasteiger partial charge in [-0.3, -0.25) is 4.79 Å². The van der Waals surface area contributed by atoms with Crippen molar-refractivity contribution in [3.8, 4) is 5.75 Å². The largest absolute Gasteiger partial charge is 0.481 e. The van der Waals surface area contributed by atoms with E-state index in [1.54, 1.807) is 6.92 Å². The molecule has 3 atom stereocenters. The highest BCUT2D eigenvalue weighted by Gasteiger charge is 2.20. The number of nitrogens with zero attached hydrogens (tertiary/aromatic N) is 1. The van der Waals surface area contributed by atoms with Crippen LogP contribution in [-0.2, 0) is 4.79 Å². The first kappa shape index (κ1) is 21.2. The molecule has 1 N–H and O–H groups in total. The van der Waals surface area contributed by atoms with Crippen LogP contribution in [0.25, 0.3) is 0 Å². The predicted octanol–water partition coefficient (Wildman–Crippen LogP) is 5.18. The van der Waals surface area contributed by atoms with Crippen molar-refractivity contribution in [2.45, 2.75) is 59.6 Å². The minimum Gasteiger partial charge on any atom is -0.481 e. The minimum atomic E-state index is -0.548. The Morgan fingerprint density at radius 1 is 1.14 bits per heavy atom. The molecule has 0 bridgehead atoms. The molecule has 3 rings (SSSR count). The molecular weight excluding hydrogens is 360 g/mol. The highest BCUT2D eigenvalue weighted by molar-refractivity contribution is 5.81. The molecule has 0 aromatic heterocycles. The number of carbonyl (C=O) groups excluding carboxylic acids is 1. The number of rotatable bonds is 6. The van der Waals surface area contributed by atoms with Gasteiger partial charge in [-0.05, 0) is 75.8 Å². The topological polar surface area (TPSA) is 41.6 Å². The summed E-state index contributed by atoms with van der Waals surface area (Å²) in [7, 11) is 0. The maximum Gasteiger partial charge on any atom is 0.261 e. The maximum absolute atomic E-state index is 12.6. The van der Waals surface area contributed by atoms with E-state index in [0.717, 1.165) is 35.9 Å². The van der Waals surface area contributed by atoms with Crippen LogP contribution in [0.2, 0.25) is 0 Å². The second-order valence-corrected chi connectivity index (χ2v) is 8.54. The summed E-state index contributed by atoms with van der Waals surface area (Å²) in [6, 6.07) is 14.5. The highest BCUT2D eigenvalue weighted by atomic mass is 16.5. The quantitative estimate of drug-likeness (QED) is 0.733. The van der Waals surface area contributed by atoms with E-state index in [-0.39, 0.29) is 11.9 Å². The molecule has 4 heteroatoms. The van der Waals surface area contributed by atoms with E-state index in [4.69, 9.17) is 4.74 Å². The van der Waals surface area contributed by atoms with Crippen LogP contribution in [0.5, 0.6) is 5.75 Å². The molecule has 1 fully saturated rings. The first-order valence-electron chi connectivity index (χ1n) is 10.7. The number of amides is 1. The fraction of sp³-hybridized carbons (Fsp3) is 0.480. The van der Waals surface area contributed by atoms with Crippen LogP contribution in [-0.4, -0.2) is 25.1 Å². The summed E-state index contributed by atoms with van der Waals surface area (Å²) < 4.78 is 5.89. The number of ether oxygens (including phenoxy) is 1. The van der Waals surface area contributed by atoms with Gasteiger partial charge in [0.05, 0.1) is 6.04 Å². The Labute approximate surface area is 175 Å². The second kappa shape index (κ2) is 9.34. The first-order chi connectivity index (χ1) is 13.8. The zero-order valence-corrected chi connectivity index (χ0v) is 18.4. The van der Waals surface area contributed by atoms with Gasteiger partial charge in [-0.15, -0.1) is 0 Å². The van der Waals surface area contributed by atoms with Crippen molar-refractivity contribution in [3.63, 3.8) is 0 Å². The minimum absolute atomic E-state index is 0.0676. The summed E-state index contributed by atoms with van der Waals surface area (Å²) in [5.74, 6) is 1.40. The molecule has 0 spiro atoms. The molecule has 0 aliphatic carbocycles. The van der Waals surface area contributed by atoms with Crippen LogP contribution in [0, 0.1) is 19.8 Å². The van der Waals surface area contributed by atoms with E-state index in [2.05, 4.69) is 47.5 Å². The van der Waals surface area contributed by atoms with Crippen LogP contribution >= 0.6 is 0 Å². The van der Waals surface area contributed by atoms with Crippen molar-refractivity contribution in [3.05, 3.63) is 59.2 Å². The van der Waals surface area contributed by atoms with Gasteiger partial charge < -0.3 is 15.0 Å². The molecule has 0 saturated carbocycles. The van der Waals surface area contributed by atoms with Gasteiger partial charge in [0.25, 0.3) is 5.91 Å². The van der Waals surface area contributed by atoms with E-state index in [1.807, 2.05) is 32.9 Å². The third-order valence-corrected chi connectivity index (χ3v) is 5.78. The van der Waals surface area contributed by atoms with Crippen LogP contribution in [0.4, 0.5) is 5.69 Å². The van der Waals surface area contributed by atoms with Gasteiger partial charge in [0.2, 0.25) is 0 Å². The number of anilines is 1.